The Bertz CT molecular complexity index is 1180. The van der Waals surface area contributed by atoms with E-state index >= 15 is 0 Å². The maximum atomic E-state index is 13.1. The second-order valence-electron chi connectivity index (χ2n) is 6.84. The van der Waals surface area contributed by atoms with Gasteiger partial charge in [-0.25, -0.2) is 9.67 Å². The molecule has 2 aromatic heterocycles. The van der Waals surface area contributed by atoms with Gasteiger partial charge >= 0.3 is 0 Å². The van der Waals surface area contributed by atoms with Gasteiger partial charge in [0, 0.05) is 24.8 Å². The zero-order valence-corrected chi connectivity index (χ0v) is 15.6. The molecule has 140 valence electrons. The Morgan fingerprint density at radius 1 is 1.25 bits per heavy atom. The number of carbonyl (C=O) groups excluding carboxylic acids is 1. The van der Waals surface area contributed by atoms with E-state index in [1.165, 1.54) is 16.9 Å². The number of aromatic nitrogens is 4. The molecule has 8 heteroatoms. The first-order valence-electron chi connectivity index (χ1n) is 8.90. The smallest absolute Gasteiger partial charge is 0.257 e. The van der Waals surface area contributed by atoms with Crippen molar-refractivity contribution in [1.29, 1.82) is 5.26 Å². The number of rotatable bonds is 2. The molecule has 4 rings (SSSR count). The van der Waals surface area contributed by atoms with E-state index in [0.717, 1.165) is 17.5 Å². The van der Waals surface area contributed by atoms with Gasteiger partial charge in [0.15, 0.2) is 0 Å². The molecule has 0 bridgehead atoms. The number of amides is 1. The largest absolute Gasteiger partial charge is 0.334 e. The summed E-state index contributed by atoms with van der Waals surface area (Å²) in [5.74, 6) is 0.149. The number of nitrogens with zero attached hydrogens (tertiary/aromatic N) is 5. The zero-order valence-electron chi connectivity index (χ0n) is 15.6. The predicted octanol–water partition coefficient (Wildman–Crippen LogP) is 1.64. The van der Waals surface area contributed by atoms with Gasteiger partial charge < -0.3 is 4.90 Å². The molecule has 0 atom stereocenters. The Hall–Kier alpha value is -3.73. The average molecular weight is 374 g/mol. The zero-order chi connectivity index (χ0) is 19.8. The lowest BCUT2D eigenvalue weighted by Crippen LogP contribution is -2.36. The maximum absolute atomic E-state index is 13.1. The minimum atomic E-state index is -0.272. The van der Waals surface area contributed by atoms with Crippen LogP contribution >= 0.6 is 0 Å². The summed E-state index contributed by atoms with van der Waals surface area (Å²) in [5, 5.41) is 13.4. The third kappa shape index (κ3) is 3.07. The first kappa shape index (κ1) is 17.7. The summed E-state index contributed by atoms with van der Waals surface area (Å²) in [6.45, 7) is 4.55. The molecule has 1 amide bonds. The highest BCUT2D eigenvalue weighted by molar-refractivity contribution is 5.95. The van der Waals surface area contributed by atoms with E-state index in [1.54, 1.807) is 24.8 Å². The number of carbonyl (C=O) groups is 1. The van der Waals surface area contributed by atoms with Gasteiger partial charge in [-0.1, -0.05) is 6.07 Å². The molecule has 0 radical (unpaired) electrons. The molecule has 1 aliphatic rings. The topological polar surface area (TPSA) is 108 Å². The molecule has 8 nitrogen and oxygen atoms in total. The Morgan fingerprint density at radius 2 is 2.07 bits per heavy atom. The first-order valence-corrected chi connectivity index (χ1v) is 8.90. The number of fused-ring (bicyclic) bond motifs is 1. The third-order valence-corrected chi connectivity index (χ3v) is 4.93. The van der Waals surface area contributed by atoms with E-state index in [2.05, 4.69) is 21.1 Å². The predicted molar refractivity (Wildman–Crippen MR) is 101 cm³/mol. The summed E-state index contributed by atoms with van der Waals surface area (Å²) in [5.41, 5.74) is 4.12. The number of aromatic amines is 1. The highest BCUT2D eigenvalue weighted by Crippen LogP contribution is 2.23. The molecule has 1 aromatic carbocycles. The summed E-state index contributed by atoms with van der Waals surface area (Å²) in [4.78, 5) is 33.5. The number of hydrogen-bond donors (Lipinski definition) is 1. The van der Waals surface area contributed by atoms with Crippen molar-refractivity contribution in [2.45, 2.75) is 26.8 Å². The molecular weight excluding hydrogens is 356 g/mol. The van der Waals surface area contributed by atoms with E-state index in [9.17, 15) is 9.59 Å². The molecule has 1 aliphatic heterocycles. The number of nitriles is 1. The summed E-state index contributed by atoms with van der Waals surface area (Å²) in [6.07, 6.45) is 2.24. The van der Waals surface area contributed by atoms with Gasteiger partial charge in [-0.15, -0.1) is 0 Å². The van der Waals surface area contributed by atoms with Crippen molar-refractivity contribution in [1.82, 2.24) is 24.6 Å². The van der Waals surface area contributed by atoms with Crippen LogP contribution < -0.4 is 5.56 Å². The molecule has 3 aromatic rings. The van der Waals surface area contributed by atoms with E-state index in [0.29, 0.717) is 35.6 Å². The number of hydrogen-bond acceptors (Lipinski definition) is 5. The lowest BCUT2D eigenvalue weighted by molar-refractivity contribution is 0.0734. The van der Waals surface area contributed by atoms with Crippen LogP contribution in [0.25, 0.3) is 5.95 Å². The molecule has 0 spiro atoms. The second-order valence-corrected chi connectivity index (χ2v) is 6.84. The Morgan fingerprint density at radius 3 is 2.82 bits per heavy atom. The third-order valence-electron chi connectivity index (χ3n) is 4.93. The fourth-order valence-corrected chi connectivity index (χ4v) is 3.47. The van der Waals surface area contributed by atoms with Crippen molar-refractivity contribution >= 4 is 5.91 Å². The Kier molecular flexibility index (Phi) is 4.28. The van der Waals surface area contributed by atoms with E-state index < -0.39 is 0 Å². The Labute approximate surface area is 161 Å². The van der Waals surface area contributed by atoms with Crippen LogP contribution in [0.3, 0.4) is 0 Å². The molecule has 28 heavy (non-hydrogen) atoms. The van der Waals surface area contributed by atoms with Gasteiger partial charge in [-0.3, -0.25) is 14.6 Å². The normalized spacial score (nSPS) is 13.1. The van der Waals surface area contributed by atoms with Gasteiger partial charge in [0.25, 0.3) is 11.5 Å². The minimum Gasteiger partial charge on any atom is -0.334 e. The SMILES string of the molecule is Cc1cc(=O)[nH]c(-n2ncc(C(=O)N3CCc4ccc(C#N)cc4C3)c2C)n1. The highest BCUT2D eigenvalue weighted by Gasteiger charge is 2.25. The van der Waals surface area contributed by atoms with E-state index in [-0.39, 0.29) is 17.4 Å². The van der Waals surface area contributed by atoms with Crippen LogP contribution in [0, 0.1) is 25.2 Å². The molecular formula is C20H18N6O2. The summed E-state index contributed by atoms with van der Waals surface area (Å²) in [7, 11) is 0. The van der Waals surface area contributed by atoms with Gasteiger partial charge in [0.1, 0.15) is 0 Å². The maximum Gasteiger partial charge on any atom is 0.257 e. The fourth-order valence-electron chi connectivity index (χ4n) is 3.47. The minimum absolute atomic E-state index is 0.133. The second kappa shape index (κ2) is 6.78. The standard InChI is InChI=1S/C20H18N6O2/c1-12-7-18(27)24-20(23-12)26-13(2)17(10-22-26)19(28)25-6-5-15-4-3-14(9-21)8-16(15)11-25/h3-4,7-8,10H,5-6,11H2,1-2H3,(H,23,24,27). The van der Waals surface area contributed by atoms with Crippen LogP contribution in [0.15, 0.2) is 35.3 Å². The van der Waals surface area contributed by atoms with Crippen LogP contribution in [0.4, 0.5) is 0 Å². The van der Waals surface area contributed by atoms with Crippen LogP contribution in [-0.2, 0) is 13.0 Å². The fraction of sp³-hybridized carbons (Fsp3) is 0.250. The van der Waals surface area contributed by atoms with Crippen LogP contribution in [0.1, 0.15) is 38.4 Å². The molecule has 0 aliphatic carbocycles. The molecule has 1 N–H and O–H groups in total. The van der Waals surface area contributed by atoms with Crippen LogP contribution in [0.2, 0.25) is 0 Å². The summed E-state index contributed by atoms with van der Waals surface area (Å²) >= 11 is 0. The molecule has 3 heterocycles. The number of nitrogens with one attached hydrogen (secondary N) is 1. The van der Waals surface area contributed by atoms with Crippen molar-refractivity contribution in [2.75, 3.05) is 6.54 Å². The quantitative estimate of drug-likeness (QED) is 0.734. The summed E-state index contributed by atoms with van der Waals surface area (Å²) < 4.78 is 1.47. The lowest BCUT2D eigenvalue weighted by Gasteiger charge is -2.29. The number of H-pyrrole nitrogens is 1. The Balaban J connectivity index is 1.63. The molecule has 0 saturated heterocycles. The van der Waals surface area contributed by atoms with Crippen LogP contribution in [0.5, 0.6) is 0 Å². The lowest BCUT2D eigenvalue weighted by atomic mass is 9.97. The van der Waals surface area contributed by atoms with Crippen molar-refractivity contribution in [2.24, 2.45) is 0 Å². The molecule has 0 saturated carbocycles. The van der Waals surface area contributed by atoms with Crippen molar-refractivity contribution in [3.8, 4) is 12.0 Å². The highest BCUT2D eigenvalue weighted by atomic mass is 16.2. The van der Waals surface area contributed by atoms with Crippen LogP contribution in [-0.4, -0.2) is 37.1 Å². The van der Waals surface area contributed by atoms with E-state index in [4.69, 9.17) is 5.26 Å². The van der Waals surface area contributed by atoms with Crippen molar-refractivity contribution < 1.29 is 4.79 Å². The van der Waals surface area contributed by atoms with Gasteiger partial charge in [0.05, 0.1) is 29.1 Å². The van der Waals surface area contributed by atoms with E-state index in [1.807, 2.05) is 12.1 Å². The van der Waals surface area contributed by atoms with Gasteiger partial charge in [-0.05, 0) is 43.5 Å². The molecule has 0 fully saturated rings. The van der Waals surface area contributed by atoms with Crippen molar-refractivity contribution in [3.05, 3.63) is 74.5 Å². The summed E-state index contributed by atoms with van der Waals surface area (Å²) in [6, 6.07) is 9.14. The number of benzene rings is 1. The number of aryl methyl sites for hydroxylation is 1. The van der Waals surface area contributed by atoms with Gasteiger partial charge in [0.2, 0.25) is 5.95 Å². The first-order chi connectivity index (χ1) is 13.5. The average Bonchev–Trinajstić information content (AvgIpc) is 3.07. The monoisotopic (exact) mass is 374 g/mol. The van der Waals surface area contributed by atoms with Crippen molar-refractivity contribution in [3.63, 3.8) is 0 Å². The molecule has 0 unspecified atom stereocenters. The van der Waals surface area contributed by atoms with Gasteiger partial charge in [-0.2, -0.15) is 10.4 Å².